The van der Waals surface area contributed by atoms with Crippen LogP contribution < -0.4 is 0 Å². The summed E-state index contributed by atoms with van der Waals surface area (Å²) in [4.78, 5) is 12.7. The number of carboxylic acid groups (broad SMARTS) is 1. The summed E-state index contributed by atoms with van der Waals surface area (Å²) < 4.78 is 43.6. The van der Waals surface area contributed by atoms with Crippen molar-refractivity contribution in [1.82, 2.24) is 4.90 Å². The van der Waals surface area contributed by atoms with Crippen LogP contribution in [0.1, 0.15) is 37.5 Å². The van der Waals surface area contributed by atoms with E-state index in [0.717, 1.165) is 37.4 Å². The molecule has 142 valence electrons. The second-order valence-electron chi connectivity index (χ2n) is 6.06. The molecule has 0 aliphatic rings. The van der Waals surface area contributed by atoms with Gasteiger partial charge in [-0.1, -0.05) is 19.1 Å². The van der Waals surface area contributed by atoms with Gasteiger partial charge in [0.2, 0.25) is 0 Å². The van der Waals surface area contributed by atoms with Gasteiger partial charge in [0.1, 0.15) is 11.5 Å². The molecule has 0 fully saturated rings. The molecule has 7 heteroatoms. The number of rotatable bonds is 9. The lowest BCUT2D eigenvalue weighted by atomic mass is 10.1. The van der Waals surface area contributed by atoms with Crippen LogP contribution >= 0.6 is 0 Å². The topological polar surface area (TPSA) is 53.7 Å². The second kappa shape index (κ2) is 8.89. The molecule has 0 amide bonds. The molecule has 2 aromatic rings. The van der Waals surface area contributed by atoms with Crippen molar-refractivity contribution in [2.45, 2.75) is 38.9 Å². The van der Waals surface area contributed by atoms with E-state index in [1.807, 2.05) is 13.0 Å². The number of carboxylic acids is 1. The standard InChI is InChI=1S/C19H22F3NO3/c1-2-23(12-4-3-5-18(24)25)13-16-10-11-17(26-16)14-6-8-15(9-7-14)19(20,21)22/h6-11H,2-5,12-13H2,1H3,(H,24,25). The highest BCUT2D eigenvalue weighted by Gasteiger charge is 2.30. The highest BCUT2D eigenvalue weighted by Crippen LogP contribution is 2.31. The van der Waals surface area contributed by atoms with Crippen molar-refractivity contribution in [3.8, 4) is 11.3 Å². The predicted molar refractivity (Wildman–Crippen MR) is 91.6 cm³/mol. The molecule has 0 atom stereocenters. The van der Waals surface area contributed by atoms with Gasteiger partial charge >= 0.3 is 12.1 Å². The van der Waals surface area contributed by atoms with E-state index in [0.29, 0.717) is 24.3 Å². The van der Waals surface area contributed by atoms with Gasteiger partial charge in [-0.05, 0) is 50.2 Å². The normalized spacial score (nSPS) is 11.9. The minimum Gasteiger partial charge on any atom is -0.481 e. The highest BCUT2D eigenvalue weighted by atomic mass is 19.4. The van der Waals surface area contributed by atoms with Gasteiger partial charge in [0.25, 0.3) is 0 Å². The molecule has 1 aromatic heterocycles. The third kappa shape index (κ3) is 5.91. The molecule has 0 unspecified atom stereocenters. The van der Waals surface area contributed by atoms with E-state index in [4.69, 9.17) is 9.52 Å². The van der Waals surface area contributed by atoms with Gasteiger partial charge in [-0.3, -0.25) is 9.69 Å². The van der Waals surface area contributed by atoms with E-state index in [2.05, 4.69) is 4.90 Å². The Bertz CT molecular complexity index is 708. The molecule has 0 aliphatic heterocycles. The Labute approximate surface area is 150 Å². The summed E-state index contributed by atoms with van der Waals surface area (Å²) in [5, 5.41) is 8.65. The summed E-state index contributed by atoms with van der Waals surface area (Å²) in [5.41, 5.74) is -0.0969. The molecule has 0 aliphatic carbocycles. The SMILES string of the molecule is CCN(CCCCC(=O)O)Cc1ccc(-c2ccc(C(F)(F)F)cc2)o1. The van der Waals surface area contributed by atoms with Gasteiger partial charge in [0, 0.05) is 12.0 Å². The average Bonchev–Trinajstić information content (AvgIpc) is 3.05. The molecule has 1 N–H and O–H groups in total. The number of furan rings is 1. The number of aliphatic carboxylic acids is 1. The van der Waals surface area contributed by atoms with Gasteiger partial charge in [-0.2, -0.15) is 13.2 Å². The first kappa shape index (κ1) is 20.0. The van der Waals surface area contributed by atoms with E-state index in [1.54, 1.807) is 6.07 Å². The van der Waals surface area contributed by atoms with Gasteiger partial charge in [-0.15, -0.1) is 0 Å². The van der Waals surface area contributed by atoms with Crippen molar-refractivity contribution in [3.63, 3.8) is 0 Å². The van der Waals surface area contributed by atoms with Crippen LogP contribution in [-0.4, -0.2) is 29.1 Å². The predicted octanol–water partition coefficient (Wildman–Crippen LogP) is 5.04. The van der Waals surface area contributed by atoms with Crippen LogP contribution in [0.2, 0.25) is 0 Å². The Kier molecular flexibility index (Phi) is 6.85. The van der Waals surface area contributed by atoms with Gasteiger partial charge in [0.05, 0.1) is 12.1 Å². The Morgan fingerprint density at radius 2 is 1.81 bits per heavy atom. The van der Waals surface area contributed by atoms with E-state index in [1.165, 1.54) is 12.1 Å². The third-order valence-electron chi connectivity index (χ3n) is 4.10. The number of alkyl halides is 3. The van der Waals surface area contributed by atoms with Crippen LogP contribution in [0.15, 0.2) is 40.8 Å². The summed E-state index contributed by atoms with van der Waals surface area (Å²) in [6, 6.07) is 8.43. The Hall–Kier alpha value is -2.28. The molecule has 0 radical (unpaired) electrons. The number of carbonyl (C=O) groups is 1. The van der Waals surface area contributed by atoms with Crippen molar-refractivity contribution >= 4 is 5.97 Å². The van der Waals surface area contributed by atoms with E-state index >= 15 is 0 Å². The van der Waals surface area contributed by atoms with Crippen LogP contribution in [-0.2, 0) is 17.5 Å². The maximum Gasteiger partial charge on any atom is 0.416 e. The lowest BCUT2D eigenvalue weighted by Crippen LogP contribution is -2.23. The van der Waals surface area contributed by atoms with Crippen LogP contribution in [0.3, 0.4) is 0 Å². The van der Waals surface area contributed by atoms with E-state index < -0.39 is 17.7 Å². The average molecular weight is 369 g/mol. The van der Waals surface area contributed by atoms with Crippen molar-refractivity contribution < 1.29 is 27.5 Å². The number of hydrogen-bond donors (Lipinski definition) is 1. The lowest BCUT2D eigenvalue weighted by Gasteiger charge is -2.18. The third-order valence-corrected chi connectivity index (χ3v) is 4.10. The van der Waals surface area contributed by atoms with Gasteiger partial charge in [0.15, 0.2) is 0 Å². The fraction of sp³-hybridized carbons (Fsp3) is 0.421. The summed E-state index contributed by atoms with van der Waals surface area (Å²) in [6.45, 7) is 4.14. The zero-order chi connectivity index (χ0) is 19.2. The van der Waals surface area contributed by atoms with Crippen molar-refractivity contribution in [2.24, 2.45) is 0 Å². The molecule has 0 saturated carbocycles. The van der Waals surface area contributed by atoms with E-state index in [9.17, 15) is 18.0 Å². The zero-order valence-corrected chi connectivity index (χ0v) is 14.6. The zero-order valence-electron chi connectivity index (χ0n) is 14.6. The second-order valence-corrected chi connectivity index (χ2v) is 6.06. The molecule has 0 saturated heterocycles. The first-order chi connectivity index (χ1) is 12.3. The molecule has 2 rings (SSSR count). The van der Waals surface area contributed by atoms with Crippen molar-refractivity contribution in [1.29, 1.82) is 0 Å². The fourth-order valence-corrected chi connectivity index (χ4v) is 2.62. The van der Waals surface area contributed by atoms with Crippen LogP contribution in [0.25, 0.3) is 11.3 Å². The van der Waals surface area contributed by atoms with E-state index in [-0.39, 0.29) is 6.42 Å². The fourth-order valence-electron chi connectivity index (χ4n) is 2.62. The molecule has 0 spiro atoms. The summed E-state index contributed by atoms with van der Waals surface area (Å²) in [7, 11) is 0. The molecule has 0 bridgehead atoms. The number of halogens is 3. The van der Waals surface area contributed by atoms with Gasteiger partial charge < -0.3 is 9.52 Å². The minimum absolute atomic E-state index is 0.163. The monoisotopic (exact) mass is 369 g/mol. The first-order valence-electron chi connectivity index (χ1n) is 8.50. The first-order valence-corrected chi connectivity index (χ1v) is 8.50. The molecule has 1 aromatic carbocycles. The highest BCUT2D eigenvalue weighted by molar-refractivity contribution is 5.66. The largest absolute Gasteiger partial charge is 0.481 e. The summed E-state index contributed by atoms with van der Waals surface area (Å²) in [5.74, 6) is 0.455. The van der Waals surface area contributed by atoms with Gasteiger partial charge in [-0.25, -0.2) is 0 Å². The number of unbranched alkanes of at least 4 members (excludes halogenated alkanes) is 1. The number of nitrogens with zero attached hydrogens (tertiary/aromatic N) is 1. The summed E-state index contributed by atoms with van der Waals surface area (Å²) in [6.07, 6.45) is -2.78. The van der Waals surface area contributed by atoms with Crippen LogP contribution in [0, 0.1) is 0 Å². The van der Waals surface area contributed by atoms with Crippen LogP contribution in [0.4, 0.5) is 13.2 Å². The Morgan fingerprint density at radius 3 is 2.38 bits per heavy atom. The lowest BCUT2D eigenvalue weighted by molar-refractivity contribution is -0.138. The molecular formula is C19H22F3NO3. The maximum absolute atomic E-state index is 12.6. The molecule has 26 heavy (non-hydrogen) atoms. The maximum atomic E-state index is 12.6. The smallest absolute Gasteiger partial charge is 0.416 e. The quantitative estimate of drug-likeness (QED) is 0.629. The van der Waals surface area contributed by atoms with Crippen molar-refractivity contribution in [2.75, 3.05) is 13.1 Å². The Morgan fingerprint density at radius 1 is 1.12 bits per heavy atom. The van der Waals surface area contributed by atoms with Crippen molar-refractivity contribution in [3.05, 3.63) is 47.7 Å². The molecular weight excluding hydrogens is 347 g/mol. The van der Waals surface area contributed by atoms with Crippen LogP contribution in [0.5, 0.6) is 0 Å². The molecule has 4 nitrogen and oxygen atoms in total. The molecule has 1 heterocycles. The number of hydrogen-bond acceptors (Lipinski definition) is 3. The number of benzene rings is 1. The Balaban J connectivity index is 1.94. The minimum atomic E-state index is -4.35. The summed E-state index contributed by atoms with van der Waals surface area (Å²) >= 11 is 0.